The molecule has 0 bridgehead atoms. The van der Waals surface area contributed by atoms with Gasteiger partial charge in [0.15, 0.2) is 0 Å². The summed E-state index contributed by atoms with van der Waals surface area (Å²) >= 11 is 0. The highest BCUT2D eigenvalue weighted by atomic mass is 14.8. The van der Waals surface area contributed by atoms with Crippen molar-refractivity contribution in [1.29, 1.82) is 0 Å². The number of aryl methyl sites for hydroxylation is 1. The minimum atomic E-state index is 1.16. The Bertz CT molecular complexity index is 498. The number of benzene rings is 2. The van der Waals surface area contributed by atoms with Gasteiger partial charge < -0.3 is 5.32 Å². The third-order valence-corrected chi connectivity index (χ3v) is 2.55. The van der Waals surface area contributed by atoms with Crippen molar-refractivity contribution in [2.75, 3.05) is 5.32 Å². The van der Waals surface area contributed by atoms with Crippen molar-refractivity contribution in [1.82, 2.24) is 0 Å². The van der Waals surface area contributed by atoms with Gasteiger partial charge in [-0.15, -0.1) is 0 Å². The van der Waals surface area contributed by atoms with Crippen LogP contribution in [0.4, 0.5) is 5.69 Å². The van der Waals surface area contributed by atoms with Crippen molar-refractivity contribution in [3.8, 4) is 0 Å². The van der Waals surface area contributed by atoms with Crippen LogP contribution in [0.1, 0.15) is 12.5 Å². The quantitative estimate of drug-likeness (QED) is 0.764. The summed E-state index contributed by atoms with van der Waals surface area (Å²) in [4.78, 5) is 0. The molecule has 1 nitrogen and oxygen atoms in total. The Morgan fingerprint density at radius 3 is 2.53 bits per heavy atom. The van der Waals surface area contributed by atoms with Crippen LogP contribution in [0.3, 0.4) is 0 Å². The number of nitrogens with one attached hydrogen (secondary N) is 1. The monoisotopic (exact) mass is 197 g/mol. The summed E-state index contributed by atoms with van der Waals surface area (Å²) in [6.07, 6.45) is 3.95. The van der Waals surface area contributed by atoms with E-state index in [1.54, 1.807) is 0 Å². The molecule has 0 aromatic heterocycles. The summed E-state index contributed by atoms with van der Waals surface area (Å²) in [7, 11) is 0. The van der Waals surface area contributed by atoms with E-state index in [0.717, 1.165) is 5.69 Å². The lowest BCUT2D eigenvalue weighted by molar-refractivity contribution is 1.52. The normalized spacial score (nSPS) is 11.1. The largest absolute Gasteiger partial charge is 0.362 e. The van der Waals surface area contributed by atoms with Crippen molar-refractivity contribution in [3.63, 3.8) is 0 Å². The Morgan fingerprint density at radius 2 is 1.73 bits per heavy atom. The molecule has 0 atom stereocenters. The van der Waals surface area contributed by atoms with E-state index in [-0.39, 0.29) is 0 Å². The minimum Gasteiger partial charge on any atom is -0.362 e. The highest BCUT2D eigenvalue weighted by molar-refractivity contribution is 5.96. The van der Waals surface area contributed by atoms with Crippen molar-refractivity contribution in [2.24, 2.45) is 0 Å². The second-order valence-corrected chi connectivity index (χ2v) is 3.62. The van der Waals surface area contributed by atoms with E-state index in [1.807, 2.05) is 19.2 Å². The first-order chi connectivity index (χ1) is 7.33. The van der Waals surface area contributed by atoms with Gasteiger partial charge in [0.2, 0.25) is 0 Å². The first-order valence-corrected chi connectivity index (χ1v) is 5.19. The number of hydrogen-bond donors (Lipinski definition) is 1. The predicted octanol–water partition coefficient (Wildman–Crippen LogP) is 4.09. The second-order valence-electron chi connectivity index (χ2n) is 3.62. The molecule has 1 N–H and O–H groups in total. The molecule has 0 radical (unpaired) electrons. The molecular formula is C14H15N. The summed E-state index contributed by atoms with van der Waals surface area (Å²) in [5, 5.41) is 5.87. The smallest absolute Gasteiger partial charge is 0.0459 e. The van der Waals surface area contributed by atoms with Crippen LogP contribution in [0, 0.1) is 6.92 Å². The Kier molecular flexibility index (Phi) is 2.72. The van der Waals surface area contributed by atoms with Gasteiger partial charge in [0.1, 0.15) is 0 Å². The van der Waals surface area contributed by atoms with Gasteiger partial charge in [-0.3, -0.25) is 0 Å². The van der Waals surface area contributed by atoms with Crippen LogP contribution in [0.2, 0.25) is 0 Å². The van der Waals surface area contributed by atoms with Crippen molar-refractivity contribution in [2.45, 2.75) is 13.8 Å². The molecule has 15 heavy (non-hydrogen) atoms. The zero-order valence-corrected chi connectivity index (χ0v) is 9.12. The molecule has 0 saturated carbocycles. The zero-order valence-electron chi connectivity index (χ0n) is 9.12. The summed E-state index contributed by atoms with van der Waals surface area (Å²) in [6, 6.07) is 12.7. The lowest BCUT2D eigenvalue weighted by Gasteiger charge is -2.07. The first kappa shape index (κ1) is 9.78. The highest BCUT2D eigenvalue weighted by Gasteiger charge is 1.99. The summed E-state index contributed by atoms with van der Waals surface area (Å²) in [6.45, 7) is 4.14. The van der Waals surface area contributed by atoms with Gasteiger partial charge >= 0.3 is 0 Å². The molecule has 0 unspecified atom stereocenters. The number of hydrogen-bond acceptors (Lipinski definition) is 1. The molecule has 0 spiro atoms. The van der Waals surface area contributed by atoms with Crippen molar-refractivity contribution >= 4 is 16.5 Å². The van der Waals surface area contributed by atoms with Crippen LogP contribution in [-0.4, -0.2) is 0 Å². The van der Waals surface area contributed by atoms with Crippen LogP contribution in [-0.2, 0) is 0 Å². The minimum absolute atomic E-state index is 1.16. The number of rotatable bonds is 2. The molecule has 0 aliphatic rings. The van der Waals surface area contributed by atoms with Crippen LogP contribution in [0.5, 0.6) is 0 Å². The van der Waals surface area contributed by atoms with Gasteiger partial charge in [-0.2, -0.15) is 0 Å². The Morgan fingerprint density at radius 1 is 1.00 bits per heavy atom. The number of allylic oxidation sites excluding steroid dienone is 1. The molecular weight excluding hydrogens is 182 g/mol. The second kappa shape index (κ2) is 4.18. The molecule has 0 fully saturated rings. The molecule has 76 valence electrons. The van der Waals surface area contributed by atoms with E-state index in [2.05, 4.69) is 48.6 Å². The van der Waals surface area contributed by atoms with Crippen molar-refractivity contribution < 1.29 is 0 Å². The van der Waals surface area contributed by atoms with Crippen LogP contribution in [0.25, 0.3) is 10.8 Å². The first-order valence-electron chi connectivity index (χ1n) is 5.19. The third kappa shape index (κ3) is 1.86. The van der Waals surface area contributed by atoms with Crippen LogP contribution in [0.15, 0.2) is 48.7 Å². The third-order valence-electron chi connectivity index (χ3n) is 2.55. The van der Waals surface area contributed by atoms with Crippen LogP contribution >= 0.6 is 0 Å². The molecule has 1 heteroatoms. The molecule has 0 aliphatic carbocycles. The van der Waals surface area contributed by atoms with Gasteiger partial charge in [-0.25, -0.2) is 0 Å². The van der Waals surface area contributed by atoms with Gasteiger partial charge in [-0.05, 0) is 37.1 Å². The fraction of sp³-hybridized carbons (Fsp3) is 0.143. The summed E-state index contributed by atoms with van der Waals surface area (Å²) < 4.78 is 0. The van der Waals surface area contributed by atoms with E-state index >= 15 is 0 Å². The Labute approximate surface area is 90.4 Å². The fourth-order valence-corrected chi connectivity index (χ4v) is 1.77. The van der Waals surface area contributed by atoms with E-state index in [4.69, 9.17) is 0 Å². The lowest BCUT2D eigenvalue weighted by atomic mass is 10.0. The average molecular weight is 197 g/mol. The zero-order chi connectivity index (χ0) is 10.7. The Hall–Kier alpha value is -1.76. The molecule has 0 saturated heterocycles. The highest BCUT2D eigenvalue weighted by Crippen LogP contribution is 2.25. The average Bonchev–Trinajstić information content (AvgIpc) is 2.27. The molecule has 0 aliphatic heterocycles. The van der Waals surface area contributed by atoms with Gasteiger partial charge in [-0.1, -0.05) is 36.4 Å². The summed E-state index contributed by atoms with van der Waals surface area (Å²) in [5.41, 5.74) is 2.48. The SMILES string of the molecule is CC=CNc1cccc2c(C)cccc12. The van der Waals surface area contributed by atoms with Gasteiger partial charge in [0.05, 0.1) is 0 Å². The van der Waals surface area contributed by atoms with E-state index in [9.17, 15) is 0 Å². The fourth-order valence-electron chi connectivity index (χ4n) is 1.77. The number of fused-ring (bicyclic) bond motifs is 1. The number of anilines is 1. The van der Waals surface area contributed by atoms with E-state index in [0.29, 0.717) is 0 Å². The maximum Gasteiger partial charge on any atom is 0.0459 e. The van der Waals surface area contributed by atoms with E-state index < -0.39 is 0 Å². The molecule has 2 aromatic rings. The lowest BCUT2D eigenvalue weighted by Crippen LogP contribution is -1.89. The molecule has 0 heterocycles. The predicted molar refractivity (Wildman–Crippen MR) is 67.1 cm³/mol. The van der Waals surface area contributed by atoms with Gasteiger partial charge in [0.25, 0.3) is 0 Å². The molecule has 0 amide bonds. The standard InChI is InChI=1S/C14H15N/c1-3-10-15-14-9-5-7-12-11(2)6-4-8-13(12)14/h3-10,15H,1-2H3. The maximum absolute atomic E-state index is 3.28. The molecule has 2 aromatic carbocycles. The van der Waals surface area contributed by atoms with Crippen LogP contribution < -0.4 is 5.32 Å². The van der Waals surface area contributed by atoms with Gasteiger partial charge in [0, 0.05) is 11.1 Å². The molecule has 2 rings (SSSR count). The summed E-state index contributed by atoms with van der Waals surface area (Å²) in [5.74, 6) is 0. The Balaban J connectivity index is 2.60. The van der Waals surface area contributed by atoms with E-state index in [1.165, 1.54) is 16.3 Å². The topological polar surface area (TPSA) is 12.0 Å². The van der Waals surface area contributed by atoms with Crippen molar-refractivity contribution in [3.05, 3.63) is 54.2 Å². The maximum atomic E-state index is 3.28.